The highest BCUT2D eigenvalue weighted by atomic mass is 32.2. The predicted molar refractivity (Wildman–Crippen MR) is 142 cm³/mol. The number of nitrogens with two attached hydrogens (primary N) is 1. The molecule has 4 heterocycles. The number of nitrogens with one attached hydrogen (secondary N) is 1. The van der Waals surface area contributed by atoms with Gasteiger partial charge in [-0.1, -0.05) is 17.4 Å². The first-order valence-electron chi connectivity index (χ1n) is 12.8. The Morgan fingerprint density at radius 1 is 1.30 bits per heavy atom. The topological polar surface area (TPSA) is 160 Å². The number of nitrogens with zero attached hydrogens (tertiary/aromatic N) is 6. The zero-order valence-electron chi connectivity index (χ0n) is 21.6. The smallest absolute Gasteiger partial charge is 0.291 e. The van der Waals surface area contributed by atoms with Gasteiger partial charge in [0.05, 0.1) is 28.6 Å². The number of carbonyl (C=O) groups excluding carboxylic acids is 1. The summed E-state index contributed by atoms with van der Waals surface area (Å²) in [5.74, 6) is -0.131. The van der Waals surface area contributed by atoms with Crippen LogP contribution < -0.4 is 10.5 Å². The molecule has 1 aliphatic carbocycles. The summed E-state index contributed by atoms with van der Waals surface area (Å²) in [5, 5.41) is 21.6. The van der Waals surface area contributed by atoms with Crippen LogP contribution in [-0.2, 0) is 21.9 Å². The number of carbonyl (C=O) groups is 1. The van der Waals surface area contributed by atoms with Gasteiger partial charge in [-0.2, -0.15) is 15.1 Å². The number of fused-ring (bicyclic) bond motifs is 3. The first kappa shape index (κ1) is 26.9. The predicted octanol–water partition coefficient (Wildman–Crippen LogP) is 2.86. The Morgan fingerprint density at radius 3 is 2.65 bits per heavy atom. The Hall–Kier alpha value is -3.32. The molecule has 1 aromatic carbocycles. The van der Waals surface area contributed by atoms with Crippen molar-refractivity contribution in [2.24, 2.45) is 12.8 Å². The summed E-state index contributed by atoms with van der Waals surface area (Å²) < 4.78 is 57.7. The molecule has 11 nitrogen and oxygen atoms in total. The lowest BCUT2D eigenvalue weighted by Gasteiger charge is -2.35. The van der Waals surface area contributed by atoms with Gasteiger partial charge in [0.25, 0.3) is 6.43 Å². The fraction of sp³-hybridized carbons (Fsp3) is 0.480. The van der Waals surface area contributed by atoms with E-state index in [4.69, 9.17) is 5.73 Å². The first-order chi connectivity index (χ1) is 18.9. The number of halogens is 2. The third-order valence-corrected chi connectivity index (χ3v) is 10.2. The van der Waals surface area contributed by atoms with E-state index in [0.29, 0.717) is 47.1 Å². The number of hydrogen-bond acceptors (Lipinski definition) is 9. The molecule has 210 valence electrons. The standard InChI is InChI=1S/C25H26F2N8O3S2/c1-12(29)24(36)35-14-3-4-15(35)8-13(7-14)17-9-16(40(37,38)33-25(11-28)5-6-25)10-18-19(32-34(2)20(17)18)22-30-31-23(39-22)21(26)27/h7,9-10,12,14-15,21,33H,3-6,8,29H2,1-2H3/t12-,14?,15?/m0/s1. The first-order valence-corrected chi connectivity index (χ1v) is 15.1. The van der Waals surface area contributed by atoms with Crippen molar-refractivity contribution in [2.75, 3.05) is 0 Å². The number of nitriles is 1. The second-order valence-corrected chi connectivity index (χ2v) is 13.3. The molecular weight excluding hydrogens is 562 g/mol. The van der Waals surface area contributed by atoms with Gasteiger partial charge < -0.3 is 10.6 Å². The van der Waals surface area contributed by atoms with Crippen molar-refractivity contribution in [3.63, 3.8) is 0 Å². The number of hydrogen-bond donors (Lipinski definition) is 2. The average molecular weight is 589 g/mol. The van der Waals surface area contributed by atoms with Crippen molar-refractivity contribution in [3.8, 4) is 16.8 Å². The molecule has 0 spiro atoms. The molecule has 3 N–H and O–H groups in total. The van der Waals surface area contributed by atoms with Crippen LogP contribution in [0.1, 0.15) is 56.0 Å². The van der Waals surface area contributed by atoms with Crippen molar-refractivity contribution in [2.45, 2.75) is 74.0 Å². The molecule has 0 radical (unpaired) electrons. The second-order valence-electron chi connectivity index (χ2n) is 10.6. The number of rotatable bonds is 7. The van der Waals surface area contributed by atoms with Gasteiger partial charge in [-0.25, -0.2) is 17.2 Å². The van der Waals surface area contributed by atoms with Crippen LogP contribution in [0.5, 0.6) is 0 Å². The minimum Gasteiger partial charge on any atom is -0.332 e. The van der Waals surface area contributed by atoms with E-state index in [2.05, 4.69) is 20.0 Å². The third-order valence-electron chi connectivity index (χ3n) is 7.73. The summed E-state index contributed by atoms with van der Waals surface area (Å²) in [5.41, 5.74) is 7.04. The molecule has 3 atom stereocenters. The molecule has 6 rings (SSSR count). The van der Waals surface area contributed by atoms with Gasteiger partial charge in [0.1, 0.15) is 11.2 Å². The molecule has 2 fully saturated rings. The molecule has 2 aliphatic heterocycles. The number of sulfonamides is 1. The largest absolute Gasteiger partial charge is 0.332 e. The fourth-order valence-corrected chi connectivity index (χ4v) is 7.78. The summed E-state index contributed by atoms with van der Waals surface area (Å²) >= 11 is 0.691. The molecule has 3 aliphatic rings. The van der Waals surface area contributed by atoms with Gasteiger partial charge in [-0.15, -0.1) is 10.2 Å². The molecule has 1 amide bonds. The van der Waals surface area contributed by atoms with Crippen LogP contribution >= 0.6 is 11.3 Å². The Balaban J connectivity index is 1.53. The van der Waals surface area contributed by atoms with E-state index in [0.717, 1.165) is 18.4 Å². The lowest BCUT2D eigenvalue weighted by molar-refractivity contribution is -0.134. The average Bonchev–Trinajstić information content (AvgIpc) is 3.22. The zero-order valence-corrected chi connectivity index (χ0v) is 23.3. The van der Waals surface area contributed by atoms with Crippen molar-refractivity contribution in [1.29, 1.82) is 5.26 Å². The molecule has 2 aromatic heterocycles. The summed E-state index contributed by atoms with van der Waals surface area (Å²) in [7, 11) is -2.45. The van der Waals surface area contributed by atoms with E-state index in [1.165, 1.54) is 6.07 Å². The van der Waals surface area contributed by atoms with E-state index >= 15 is 0 Å². The Kier molecular flexibility index (Phi) is 6.30. The molecule has 15 heteroatoms. The third kappa shape index (κ3) is 4.39. The Bertz CT molecular complexity index is 1720. The van der Waals surface area contributed by atoms with Crippen LogP contribution in [0.15, 0.2) is 23.1 Å². The van der Waals surface area contributed by atoms with Crippen molar-refractivity contribution < 1.29 is 22.0 Å². The number of aryl methyl sites for hydroxylation is 1. The highest BCUT2D eigenvalue weighted by Gasteiger charge is 2.47. The molecule has 1 saturated carbocycles. The van der Waals surface area contributed by atoms with Crippen molar-refractivity contribution >= 4 is 43.7 Å². The molecule has 3 aromatic rings. The number of alkyl halides is 2. The van der Waals surface area contributed by atoms with Gasteiger partial charge >= 0.3 is 0 Å². The minimum atomic E-state index is -4.14. The molecular formula is C25H26F2N8O3S2. The SMILES string of the molecule is C[C@H](N)C(=O)N1C2C=C(c3cc(S(=O)(=O)NC4(C#N)CC4)cc4c(-c5nnc(C(F)F)s5)nn(C)c34)CC1CC2. The van der Waals surface area contributed by atoms with Crippen molar-refractivity contribution in [3.05, 3.63) is 28.8 Å². The van der Waals surface area contributed by atoms with E-state index in [-0.39, 0.29) is 33.6 Å². The highest BCUT2D eigenvalue weighted by Crippen LogP contribution is 2.44. The number of benzene rings is 1. The van der Waals surface area contributed by atoms with E-state index in [1.54, 1.807) is 24.7 Å². The lowest BCUT2D eigenvalue weighted by atomic mass is 9.92. The zero-order chi connectivity index (χ0) is 28.6. The van der Waals surface area contributed by atoms with E-state index < -0.39 is 33.0 Å². The van der Waals surface area contributed by atoms with Crippen LogP contribution in [0.2, 0.25) is 0 Å². The summed E-state index contributed by atoms with van der Waals surface area (Å²) in [6, 6.07) is 4.13. The quantitative estimate of drug-likeness (QED) is 0.426. The minimum absolute atomic E-state index is 0.0771. The summed E-state index contributed by atoms with van der Waals surface area (Å²) in [6.45, 7) is 1.66. The summed E-state index contributed by atoms with van der Waals surface area (Å²) in [6.07, 6.45) is 2.03. The molecule has 2 bridgehead atoms. The molecule has 40 heavy (non-hydrogen) atoms. The Labute approximate surface area is 232 Å². The fourth-order valence-electron chi connectivity index (χ4n) is 5.65. The van der Waals surface area contributed by atoms with Gasteiger partial charge in [-0.3, -0.25) is 9.48 Å². The van der Waals surface area contributed by atoms with Crippen LogP contribution in [0, 0.1) is 11.3 Å². The van der Waals surface area contributed by atoms with Crippen LogP contribution in [-0.4, -0.2) is 62.9 Å². The normalized spacial score (nSPS) is 22.4. The van der Waals surface area contributed by atoms with E-state index in [1.807, 2.05) is 17.0 Å². The van der Waals surface area contributed by atoms with E-state index in [9.17, 15) is 27.3 Å². The maximum atomic E-state index is 13.5. The summed E-state index contributed by atoms with van der Waals surface area (Å²) in [4.78, 5) is 14.6. The number of aromatic nitrogens is 4. The monoisotopic (exact) mass is 588 g/mol. The maximum absolute atomic E-state index is 13.5. The molecule has 2 unspecified atom stereocenters. The molecule has 1 saturated heterocycles. The van der Waals surface area contributed by atoms with Crippen LogP contribution in [0.3, 0.4) is 0 Å². The van der Waals surface area contributed by atoms with Gasteiger partial charge in [0.2, 0.25) is 15.9 Å². The van der Waals surface area contributed by atoms with Gasteiger partial charge in [0, 0.05) is 24.0 Å². The highest BCUT2D eigenvalue weighted by molar-refractivity contribution is 7.89. The van der Waals surface area contributed by atoms with Gasteiger partial charge in [0.15, 0.2) is 10.0 Å². The van der Waals surface area contributed by atoms with Gasteiger partial charge in [-0.05, 0) is 56.7 Å². The van der Waals surface area contributed by atoms with Crippen molar-refractivity contribution in [1.82, 2.24) is 29.6 Å². The Morgan fingerprint density at radius 2 is 2.05 bits per heavy atom. The number of amides is 1. The second kappa shape index (κ2) is 9.37. The lowest BCUT2D eigenvalue weighted by Crippen LogP contribution is -2.49. The van der Waals surface area contributed by atoms with Crippen LogP contribution in [0.25, 0.3) is 27.2 Å². The maximum Gasteiger partial charge on any atom is 0.291 e. The van der Waals surface area contributed by atoms with Crippen LogP contribution in [0.4, 0.5) is 8.78 Å².